The van der Waals surface area contributed by atoms with Gasteiger partial charge in [-0.25, -0.2) is 0 Å². The molecule has 1 aliphatic rings. The van der Waals surface area contributed by atoms with Crippen LogP contribution in [0.25, 0.3) is 0 Å². The van der Waals surface area contributed by atoms with Crippen molar-refractivity contribution in [1.29, 1.82) is 0 Å². The maximum absolute atomic E-state index is 12.6. The van der Waals surface area contributed by atoms with E-state index in [0.29, 0.717) is 6.42 Å². The fraction of sp³-hybridized carbons (Fsp3) is 0.294. The highest BCUT2D eigenvalue weighted by molar-refractivity contribution is 5.85. The molecule has 118 valence electrons. The third kappa shape index (κ3) is 3.28. The number of rotatable bonds is 2. The van der Waals surface area contributed by atoms with Crippen LogP contribution in [0.15, 0.2) is 48.5 Å². The molecule has 0 amide bonds. The van der Waals surface area contributed by atoms with Crippen LogP contribution in [0.3, 0.4) is 0 Å². The first-order valence-corrected chi connectivity index (χ1v) is 6.94. The number of hydrogen-bond acceptors (Lipinski definition) is 1. The van der Waals surface area contributed by atoms with E-state index in [1.54, 1.807) is 12.1 Å². The Morgan fingerprint density at radius 3 is 2.27 bits per heavy atom. The van der Waals surface area contributed by atoms with Gasteiger partial charge in [-0.2, -0.15) is 13.2 Å². The van der Waals surface area contributed by atoms with Crippen molar-refractivity contribution in [1.82, 2.24) is 0 Å². The van der Waals surface area contributed by atoms with E-state index in [0.717, 1.165) is 24.1 Å². The van der Waals surface area contributed by atoms with Crippen molar-refractivity contribution in [3.05, 3.63) is 70.8 Å². The van der Waals surface area contributed by atoms with Crippen LogP contribution in [0.5, 0.6) is 0 Å². The Balaban J connectivity index is 0.00000176. The van der Waals surface area contributed by atoms with Crippen LogP contribution in [0, 0.1) is 0 Å². The molecule has 2 N–H and O–H groups in total. The van der Waals surface area contributed by atoms with E-state index in [1.165, 1.54) is 11.1 Å². The van der Waals surface area contributed by atoms with Gasteiger partial charge in [-0.3, -0.25) is 0 Å². The molecule has 0 radical (unpaired) electrons. The van der Waals surface area contributed by atoms with Gasteiger partial charge in [-0.1, -0.05) is 36.4 Å². The lowest BCUT2D eigenvalue weighted by molar-refractivity contribution is -0.137. The van der Waals surface area contributed by atoms with Crippen molar-refractivity contribution in [2.24, 2.45) is 5.73 Å². The van der Waals surface area contributed by atoms with Crippen molar-refractivity contribution in [2.75, 3.05) is 0 Å². The molecule has 0 saturated carbocycles. The van der Waals surface area contributed by atoms with Crippen LogP contribution < -0.4 is 5.73 Å². The Labute approximate surface area is 133 Å². The van der Waals surface area contributed by atoms with E-state index in [4.69, 9.17) is 5.73 Å². The van der Waals surface area contributed by atoms with E-state index in [1.807, 2.05) is 12.1 Å². The zero-order valence-corrected chi connectivity index (χ0v) is 12.6. The molecular weight excluding hydrogens is 311 g/mol. The molecule has 0 spiro atoms. The molecule has 2 aromatic carbocycles. The van der Waals surface area contributed by atoms with Gasteiger partial charge in [0.2, 0.25) is 0 Å². The normalized spacial score (nSPS) is 20.4. The predicted molar refractivity (Wildman–Crippen MR) is 83.3 cm³/mol. The summed E-state index contributed by atoms with van der Waals surface area (Å²) in [7, 11) is 0. The molecule has 2 atom stereocenters. The Morgan fingerprint density at radius 2 is 1.64 bits per heavy atom. The Morgan fingerprint density at radius 1 is 1.00 bits per heavy atom. The lowest BCUT2D eigenvalue weighted by atomic mass is 9.91. The molecule has 1 aliphatic carbocycles. The smallest absolute Gasteiger partial charge is 0.327 e. The molecule has 3 rings (SSSR count). The summed E-state index contributed by atoms with van der Waals surface area (Å²) in [6, 6.07) is 13.5. The van der Waals surface area contributed by atoms with E-state index in [2.05, 4.69) is 12.1 Å². The third-order valence-corrected chi connectivity index (χ3v) is 4.16. The fourth-order valence-electron chi connectivity index (χ4n) is 3.05. The summed E-state index contributed by atoms with van der Waals surface area (Å²) in [5.41, 5.74) is 8.95. The fourth-order valence-corrected chi connectivity index (χ4v) is 3.05. The van der Waals surface area contributed by atoms with Crippen molar-refractivity contribution in [3.8, 4) is 0 Å². The maximum atomic E-state index is 12.6. The van der Waals surface area contributed by atoms with Gasteiger partial charge in [0.25, 0.3) is 0 Å². The van der Waals surface area contributed by atoms with Crippen LogP contribution in [-0.2, 0) is 19.0 Å². The number of halogens is 4. The van der Waals surface area contributed by atoms with Gasteiger partial charge >= 0.3 is 6.18 Å². The summed E-state index contributed by atoms with van der Waals surface area (Å²) in [5.74, 6) is 0.179. The van der Waals surface area contributed by atoms with Gasteiger partial charge in [0.05, 0.1) is 5.56 Å². The molecule has 1 nitrogen and oxygen atoms in total. The predicted octanol–water partition coefficient (Wildman–Crippen LogP) is 4.34. The topological polar surface area (TPSA) is 26.0 Å². The highest BCUT2D eigenvalue weighted by Crippen LogP contribution is 2.35. The average molecular weight is 328 g/mol. The van der Waals surface area contributed by atoms with Crippen LogP contribution >= 0.6 is 12.4 Å². The van der Waals surface area contributed by atoms with Crippen molar-refractivity contribution in [2.45, 2.75) is 31.0 Å². The van der Waals surface area contributed by atoms with E-state index in [-0.39, 0.29) is 24.4 Å². The Kier molecular flexibility index (Phi) is 4.83. The van der Waals surface area contributed by atoms with Gasteiger partial charge < -0.3 is 5.73 Å². The molecular formula is C17H17ClF3N. The minimum absolute atomic E-state index is 0. The molecule has 0 saturated heterocycles. The SMILES string of the molecule is Cl.N[C@H]1Cc2ccccc2[C@H]1Cc1ccc(C(F)(F)F)cc1. The monoisotopic (exact) mass is 327 g/mol. The summed E-state index contributed by atoms with van der Waals surface area (Å²) in [6.45, 7) is 0. The second kappa shape index (κ2) is 6.31. The zero-order valence-electron chi connectivity index (χ0n) is 11.8. The van der Waals surface area contributed by atoms with Crippen LogP contribution in [0.2, 0.25) is 0 Å². The standard InChI is InChI=1S/C17H16F3N.ClH/c18-17(19,20)13-7-5-11(6-8-13)9-15-14-4-2-1-3-12(14)10-16(15)21;/h1-8,15-16H,9-10,21H2;1H/t15-,16+;/m1./s1. The largest absolute Gasteiger partial charge is 0.416 e. The molecule has 0 aliphatic heterocycles. The molecule has 2 aromatic rings. The van der Waals surface area contributed by atoms with Gasteiger partial charge in [-0.15, -0.1) is 12.4 Å². The first-order chi connectivity index (χ1) is 9.95. The van der Waals surface area contributed by atoms with Gasteiger partial charge in [-0.05, 0) is 41.7 Å². The summed E-state index contributed by atoms with van der Waals surface area (Å²) >= 11 is 0. The Bertz CT molecular complexity index is 637. The first-order valence-electron chi connectivity index (χ1n) is 6.94. The zero-order chi connectivity index (χ0) is 15.0. The van der Waals surface area contributed by atoms with Gasteiger partial charge in [0.1, 0.15) is 0 Å². The molecule has 0 heterocycles. The van der Waals surface area contributed by atoms with Crippen LogP contribution in [-0.4, -0.2) is 6.04 Å². The van der Waals surface area contributed by atoms with E-state index >= 15 is 0 Å². The maximum Gasteiger partial charge on any atom is 0.416 e. The number of benzene rings is 2. The number of alkyl halides is 3. The molecule has 5 heteroatoms. The highest BCUT2D eigenvalue weighted by atomic mass is 35.5. The van der Waals surface area contributed by atoms with E-state index in [9.17, 15) is 13.2 Å². The highest BCUT2D eigenvalue weighted by Gasteiger charge is 2.31. The molecule has 0 aromatic heterocycles. The quantitative estimate of drug-likeness (QED) is 0.872. The van der Waals surface area contributed by atoms with Crippen molar-refractivity contribution in [3.63, 3.8) is 0 Å². The second-order valence-electron chi connectivity index (χ2n) is 5.57. The van der Waals surface area contributed by atoms with Crippen molar-refractivity contribution >= 4 is 12.4 Å². The van der Waals surface area contributed by atoms with Crippen LogP contribution in [0.1, 0.15) is 28.2 Å². The summed E-state index contributed by atoms with van der Waals surface area (Å²) < 4.78 is 37.7. The lowest BCUT2D eigenvalue weighted by Crippen LogP contribution is -2.26. The molecule has 22 heavy (non-hydrogen) atoms. The first kappa shape index (κ1) is 16.8. The minimum atomic E-state index is -4.28. The summed E-state index contributed by atoms with van der Waals surface area (Å²) in [5, 5.41) is 0. The summed E-state index contributed by atoms with van der Waals surface area (Å²) in [4.78, 5) is 0. The number of nitrogens with two attached hydrogens (primary N) is 1. The molecule has 0 bridgehead atoms. The molecule has 0 fully saturated rings. The van der Waals surface area contributed by atoms with E-state index < -0.39 is 11.7 Å². The second-order valence-corrected chi connectivity index (χ2v) is 5.57. The van der Waals surface area contributed by atoms with Crippen molar-refractivity contribution < 1.29 is 13.2 Å². The number of hydrogen-bond donors (Lipinski definition) is 1. The van der Waals surface area contributed by atoms with Crippen LogP contribution in [0.4, 0.5) is 13.2 Å². The molecule has 0 unspecified atom stereocenters. The van der Waals surface area contributed by atoms with Gasteiger partial charge in [0.15, 0.2) is 0 Å². The summed E-state index contributed by atoms with van der Waals surface area (Å²) in [6.07, 6.45) is -2.77. The van der Waals surface area contributed by atoms with Gasteiger partial charge in [0, 0.05) is 12.0 Å². The lowest BCUT2D eigenvalue weighted by Gasteiger charge is -2.17. The minimum Gasteiger partial charge on any atom is -0.327 e. The Hall–Kier alpha value is -1.52. The third-order valence-electron chi connectivity index (χ3n) is 4.16. The number of fused-ring (bicyclic) bond motifs is 1. The average Bonchev–Trinajstić information content (AvgIpc) is 2.75.